The van der Waals surface area contributed by atoms with Gasteiger partial charge in [0.25, 0.3) is 5.56 Å². The maximum absolute atomic E-state index is 12.6. The van der Waals surface area contributed by atoms with Gasteiger partial charge in [0.05, 0.1) is 33.4 Å². The van der Waals surface area contributed by atoms with E-state index in [1.165, 1.54) is 16.9 Å². The number of para-hydroxylation sites is 2. The van der Waals surface area contributed by atoms with Gasteiger partial charge in [-0.25, -0.2) is 17.6 Å². The highest BCUT2D eigenvalue weighted by Gasteiger charge is 2.20. The van der Waals surface area contributed by atoms with Crippen LogP contribution in [0.3, 0.4) is 0 Å². The van der Waals surface area contributed by atoms with E-state index in [0.29, 0.717) is 27.9 Å². The van der Waals surface area contributed by atoms with Crippen molar-refractivity contribution in [2.75, 3.05) is 6.26 Å². The molecule has 168 valence electrons. The largest absolute Gasteiger partial charge is 0.304 e. The molecule has 11 nitrogen and oxygen atoms in total. The number of sulfone groups is 1. The number of H-pyrrole nitrogens is 1. The van der Waals surface area contributed by atoms with Gasteiger partial charge in [-0.15, -0.1) is 10.2 Å². The van der Waals surface area contributed by atoms with Gasteiger partial charge in [0.2, 0.25) is 0 Å². The monoisotopic (exact) mass is 472 g/mol. The van der Waals surface area contributed by atoms with Crippen LogP contribution in [0.5, 0.6) is 0 Å². The van der Waals surface area contributed by atoms with E-state index >= 15 is 0 Å². The van der Waals surface area contributed by atoms with Crippen molar-refractivity contribution in [3.8, 4) is 11.8 Å². The Bertz CT molecular complexity index is 1840. The summed E-state index contributed by atoms with van der Waals surface area (Å²) >= 11 is 0. The van der Waals surface area contributed by atoms with E-state index in [4.69, 9.17) is 0 Å². The van der Waals surface area contributed by atoms with Crippen LogP contribution in [0.25, 0.3) is 22.2 Å². The molecule has 3 heterocycles. The molecule has 5 aromatic rings. The normalized spacial score (nSPS) is 12.0. The van der Waals surface area contributed by atoms with Crippen LogP contribution in [0.4, 0.5) is 11.5 Å². The minimum atomic E-state index is -3.58. The number of nitrogens with one attached hydrogen (secondary N) is 1. The Balaban J connectivity index is 1.71. The molecule has 0 aliphatic heterocycles. The van der Waals surface area contributed by atoms with E-state index in [0.717, 1.165) is 6.26 Å². The first-order valence-corrected chi connectivity index (χ1v) is 11.9. The van der Waals surface area contributed by atoms with Gasteiger partial charge < -0.3 is 4.98 Å². The molecule has 3 aromatic heterocycles. The van der Waals surface area contributed by atoms with Crippen molar-refractivity contribution >= 4 is 37.9 Å². The van der Waals surface area contributed by atoms with Gasteiger partial charge in [-0.1, -0.05) is 24.3 Å². The second-order valence-corrected chi connectivity index (χ2v) is 9.50. The van der Waals surface area contributed by atoms with Crippen molar-refractivity contribution in [1.82, 2.24) is 24.4 Å². The number of hydrogen-bond donors (Lipinski definition) is 1. The van der Waals surface area contributed by atoms with E-state index in [1.54, 1.807) is 53.9 Å². The fraction of sp³-hybridized carbons (Fsp3) is 0.0909. The third kappa shape index (κ3) is 3.35. The lowest BCUT2D eigenvalue weighted by Gasteiger charge is -2.09. The van der Waals surface area contributed by atoms with Crippen LogP contribution >= 0.6 is 0 Å². The second-order valence-electron chi connectivity index (χ2n) is 7.51. The number of aryl methyl sites for hydroxylation is 1. The minimum absolute atomic E-state index is 0.0296. The summed E-state index contributed by atoms with van der Waals surface area (Å²) in [5.74, 6) is 0.0421. The molecule has 0 aliphatic rings. The van der Waals surface area contributed by atoms with Crippen LogP contribution in [0.1, 0.15) is 11.3 Å². The summed E-state index contributed by atoms with van der Waals surface area (Å²) < 4.78 is 27.4. The molecule has 34 heavy (non-hydrogen) atoms. The van der Waals surface area contributed by atoms with Gasteiger partial charge >= 0.3 is 0 Å². The lowest BCUT2D eigenvalue weighted by atomic mass is 10.2. The summed E-state index contributed by atoms with van der Waals surface area (Å²) in [6.45, 7) is 1.72. The first-order chi connectivity index (χ1) is 16.3. The fourth-order valence-corrected chi connectivity index (χ4v) is 4.55. The number of aromatic nitrogens is 5. The third-order valence-electron chi connectivity index (χ3n) is 5.24. The van der Waals surface area contributed by atoms with Gasteiger partial charge in [-0.2, -0.15) is 15.5 Å². The third-order valence-corrected chi connectivity index (χ3v) is 6.38. The topological polar surface area (TPSA) is 151 Å². The van der Waals surface area contributed by atoms with E-state index in [2.05, 4.69) is 25.4 Å². The van der Waals surface area contributed by atoms with Gasteiger partial charge in [0.15, 0.2) is 27.0 Å². The summed E-state index contributed by atoms with van der Waals surface area (Å²) in [5, 5.41) is 27.2. The molecule has 5 rings (SSSR count). The standard InChI is InChI=1S/C22H16N8O3S/c1-13-19(21-25-22(31)15-7-3-4-8-16(15)30(21)28-13)26-27-20-14(11-23)12-24-29(20)17-9-5-6-10-18(17)34(2,32)33/h3-10,12H,1-2H3,(H,25,31)/b27-26+. The average Bonchev–Trinajstić information content (AvgIpc) is 3.37. The molecular formula is C22H16N8O3S. The molecule has 0 bridgehead atoms. The number of nitrogens with zero attached hydrogens (tertiary/aromatic N) is 7. The second kappa shape index (κ2) is 7.75. The predicted octanol–water partition coefficient (Wildman–Crippen LogP) is 3.36. The van der Waals surface area contributed by atoms with Gasteiger partial charge in [0.1, 0.15) is 11.6 Å². The quantitative estimate of drug-likeness (QED) is 0.396. The number of rotatable bonds is 4. The lowest BCUT2D eigenvalue weighted by Crippen LogP contribution is -2.09. The Morgan fingerprint density at radius 3 is 2.59 bits per heavy atom. The predicted molar refractivity (Wildman–Crippen MR) is 124 cm³/mol. The van der Waals surface area contributed by atoms with Crippen molar-refractivity contribution in [3.05, 3.63) is 76.3 Å². The Labute approximate surface area is 192 Å². The average molecular weight is 472 g/mol. The van der Waals surface area contributed by atoms with Crippen LogP contribution in [-0.2, 0) is 9.84 Å². The molecule has 1 N–H and O–H groups in total. The van der Waals surface area contributed by atoms with Gasteiger partial charge in [0, 0.05) is 6.26 Å². The van der Waals surface area contributed by atoms with Crippen LogP contribution < -0.4 is 5.56 Å². The zero-order chi connectivity index (χ0) is 24.0. The lowest BCUT2D eigenvalue weighted by molar-refractivity contribution is 0.601. The summed E-state index contributed by atoms with van der Waals surface area (Å²) in [4.78, 5) is 15.4. The molecule has 0 fully saturated rings. The molecule has 0 aliphatic carbocycles. The molecule has 0 amide bonds. The Kier molecular flexibility index (Phi) is 4.84. The first-order valence-electron chi connectivity index (χ1n) is 9.99. The SMILES string of the molecule is Cc1nn2c([nH]c(=O)c3ccccc32)c1/N=N/c1c(C#N)cnn1-c1ccccc1S(C)(=O)=O. The van der Waals surface area contributed by atoms with Crippen molar-refractivity contribution in [1.29, 1.82) is 5.26 Å². The van der Waals surface area contributed by atoms with Crippen molar-refractivity contribution in [3.63, 3.8) is 0 Å². The molecule has 12 heteroatoms. The van der Waals surface area contributed by atoms with Gasteiger partial charge in [-0.05, 0) is 31.2 Å². The maximum atomic E-state index is 12.6. The van der Waals surface area contributed by atoms with E-state index in [9.17, 15) is 18.5 Å². The highest BCUT2D eigenvalue weighted by Crippen LogP contribution is 2.31. The van der Waals surface area contributed by atoms with Crippen molar-refractivity contribution in [2.45, 2.75) is 11.8 Å². The van der Waals surface area contributed by atoms with E-state index < -0.39 is 9.84 Å². The highest BCUT2D eigenvalue weighted by molar-refractivity contribution is 7.90. The number of nitriles is 1. The molecule has 0 saturated carbocycles. The summed E-state index contributed by atoms with van der Waals surface area (Å²) in [7, 11) is -3.58. The summed E-state index contributed by atoms with van der Waals surface area (Å²) in [5.41, 5.74) is 1.77. The smallest absolute Gasteiger partial charge is 0.259 e. The van der Waals surface area contributed by atoms with Crippen molar-refractivity contribution in [2.24, 2.45) is 10.2 Å². The minimum Gasteiger partial charge on any atom is -0.304 e. The molecular weight excluding hydrogens is 456 g/mol. The summed E-state index contributed by atoms with van der Waals surface area (Å²) in [6.07, 6.45) is 2.37. The molecule has 0 spiro atoms. The molecule has 2 aromatic carbocycles. The number of hydrogen-bond acceptors (Lipinski definition) is 8. The van der Waals surface area contributed by atoms with Crippen LogP contribution in [-0.4, -0.2) is 39.1 Å². The zero-order valence-electron chi connectivity index (χ0n) is 18.0. The number of fused-ring (bicyclic) bond motifs is 3. The van der Waals surface area contributed by atoms with Crippen LogP contribution in [0.2, 0.25) is 0 Å². The molecule has 0 radical (unpaired) electrons. The fourth-order valence-electron chi connectivity index (χ4n) is 3.69. The first kappa shape index (κ1) is 21.2. The number of benzene rings is 2. The maximum Gasteiger partial charge on any atom is 0.259 e. The molecule has 0 saturated heterocycles. The highest BCUT2D eigenvalue weighted by atomic mass is 32.2. The summed E-state index contributed by atoms with van der Waals surface area (Å²) in [6, 6.07) is 15.3. The van der Waals surface area contributed by atoms with Crippen LogP contribution in [0, 0.1) is 18.3 Å². The van der Waals surface area contributed by atoms with E-state index in [1.807, 2.05) is 6.07 Å². The Morgan fingerprint density at radius 2 is 1.82 bits per heavy atom. The zero-order valence-corrected chi connectivity index (χ0v) is 18.8. The Morgan fingerprint density at radius 1 is 1.09 bits per heavy atom. The molecule has 0 unspecified atom stereocenters. The van der Waals surface area contributed by atoms with Gasteiger partial charge in [-0.3, -0.25) is 4.79 Å². The Hall–Kier alpha value is -4.63. The van der Waals surface area contributed by atoms with E-state index in [-0.39, 0.29) is 27.5 Å². The number of azo groups is 1. The van der Waals surface area contributed by atoms with Crippen molar-refractivity contribution < 1.29 is 8.42 Å². The number of aromatic amines is 1. The van der Waals surface area contributed by atoms with Crippen LogP contribution in [0.15, 0.2) is 74.6 Å². The molecule has 0 atom stereocenters.